The largest absolute Gasteiger partial charge is 0.489 e. The number of nitrogens with zero attached hydrogens (tertiary/aromatic N) is 4. The van der Waals surface area contributed by atoms with Crippen LogP contribution in [0.25, 0.3) is 16.6 Å². The van der Waals surface area contributed by atoms with Gasteiger partial charge in [0.15, 0.2) is 5.65 Å². The molecule has 0 aliphatic heterocycles. The average molecular weight is 559 g/mol. The van der Waals surface area contributed by atoms with Crippen molar-refractivity contribution in [2.75, 3.05) is 6.61 Å². The van der Waals surface area contributed by atoms with Gasteiger partial charge in [-0.05, 0) is 82.7 Å². The molecule has 4 heterocycles. The molecule has 4 aromatic rings. The average Bonchev–Trinajstić information content (AvgIpc) is 3.69. The van der Waals surface area contributed by atoms with E-state index in [9.17, 15) is 14.7 Å². The van der Waals surface area contributed by atoms with Crippen molar-refractivity contribution >= 4 is 28.4 Å². The third-order valence-corrected chi connectivity index (χ3v) is 7.58. The lowest BCUT2D eigenvalue weighted by Gasteiger charge is -2.29. The molecule has 0 saturated heterocycles. The Hall–Kier alpha value is -4.25. The molecule has 6 rings (SSSR count). The molecule has 11 nitrogen and oxygen atoms in total. The molecule has 2 aliphatic carbocycles. The summed E-state index contributed by atoms with van der Waals surface area (Å²) in [6, 6.07) is 8.95. The van der Waals surface area contributed by atoms with E-state index < -0.39 is 11.5 Å². The molecule has 0 radical (unpaired) electrons. The van der Waals surface area contributed by atoms with E-state index in [2.05, 4.69) is 20.4 Å². The van der Waals surface area contributed by atoms with E-state index in [-0.39, 0.29) is 36.1 Å². The Balaban J connectivity index is 1.11. The van der Waals surface area contributed by atoms with Crippen molar-refractivity contribution in [2.24, 2.45) is 5.73 Å². The smallest absolute Gasteiger partial charge is 0.255 e. The molecule has 0 aromatic carbocycles. The van der Waals surface area contributed by atoms with Crippen LogP contribution in [0.5, 0.6) is 11.6 Å². The quantitative estimate of drug-likeness (QED) is 0.282. The third-order valence-electron chi connectivity index (χ3n) is 7.58. The summed E-state index contributed by atoms with van der Waals surface area (Å²) < 4.78 is 13.9. The Kier molecular flexibility index (Phi) is 6.98. The van der Waals surface area contributed by atoms with E-state index in [1.807, 2.05) is 18.2 Å². The third kappa shape index (κ3) is 5.81. The van der Waals surface area contributed by atoms with Crippen LogP contribution >= 0.6 is 0 Å². The first-order valence-electron chi connectivity index (χ1n) is 14.1. The van der Waals surface area contributed by atoms with Gasteiger partial charge in [-0.3, -0.25) is 9.59 Å². The molecule has 0 bridgehead atoms. The van der Waals surface area contributed by atoms with Crippen LogP contribution in [0, 0.1) is 0 Å². The highest BCUT2D eigenvalue weighted by Gasteiger charge is 2.32. The number of nitrogens with two attached hydrogens (primary N) is 1. The van der Waals surface area contributed by atoms with E-state index >= 15 is 0 Å². The van der Waals surface area contributed by atoms with Gasteiger partial charge >= 0.3 is 0 Å². The fraction of sp³-hybridized carbons (Fsp3) is 0.433. The van der Waals surface area contributed by atoms with Crippen LogP contribution in [-0.2, 0) is 0 Å². The summed E-state index contributed by atoms with van der Waals surface area (Å²) >= 11 is 0. The molecule has 0 spiro atoms. The number of aliphatic hydroxyl groups is 1. The lowest BCUT2D eigenvalue weighted by atomic mass is 9.92. The van der Waals surface area contributed by atoms with E-state index in [4.69, 9.17) is 15.2 Å². The maximum Gasteiger partial charge on any atom is 0.255 e. The predicted octanol–water partition coefficient (Wildman–Crippen LogP) is 3.52. The molecule has 11 heteroatoms. The molecule has 214 valence electrons. The van der Waals surface area contributed by atoms with Crippen LogP contribution in [0.1, 0.15) is 84.7 Å². The Labute approximate surface area is 237 Å². The molecule has 2 fully saturated rings. The topological polar surface area (TPSA) is 154 Å². The number of hydrogen-bond donors (Lipinski definition) is 3. The minimum absolute atomic E-state index is 0.0172. The molecule has 2 aliphatic rings. The van der Waals surface area contributed by atoms with Crippen molar-refractivity contribution in [3.63, 3.8) is 0 Å². The SMILES string of the molecule is CC(C)(O)COc1ccc2c(C(=O)NC3CCC(Oc4nc5ncccc5cc4C(N)=O)CC3)cnn2c1C1CC1. The van der Waals surface area contributed by atoms with Crippen molar-refractivity contribution in [3.8, 4) is 11.6 Å². The summed E-state index contributed by atoms with van der Waals surface area (Å²) in [7, 11) is 0. The molecule has 2 saturated carbocycles. The fourth-order valence-corrected chi connectivity index (χ4v) is 5.34. The molecule has 4 N–H and O–H groups in total. The molecule has 41 heavy (non-hydrogen) atoms. The van der Waals surface area contributed by atoms with Gasteiger partial charge in [0.1, 0.15) is 24.0 Å². The highest BCUT2D eigenvalue weighted by Crippen LogP contribution is 2.44. The number of hydrogen-bond acceptors (Lipinski definition) is 8. The zero-order chi connectivity index (χ0) is 28.7. The Morgan fingerprint density at radius 3 is 2.61 bits per heavy atom. The van der Waals surface area contributed by atoms with Crippen LogP contribution in [0.2, 0.25) is 0 Å². The number of carbonyl (C=O) groups is 2. The summed E-state index contributed by atoms with van der Waals surface area (Å²) in [6.07, 6.45) is 7.98. The van der Waals surface area contributed by atoms with Crippen LogP contribution in [0.3, 0.4) is 0 Å². The van der Waals surface area contributed by atoms with Crippen molar-refractivity contribution in [1.82, 2.24) is 24.9 Å². The van der Waals surface area contributed by atoms with Gasteiger partial charge in [0.25, 0.3) is 11.8 Å². The van der Waals surface area contributed by atoms with Crippen molar-refractivity contribution < 1.29 is 24.2 Å². The van der Waals surface area contributed by atoms with Gasteiger partial charge in [-0.25, -0.2) is 9.50 Å². The van der Waals surface area contributed by atoms with E-state index in [1.165, 1.54) is 0 Å². The number of nitrogens with one attached hydrogen (secondary N) is 1. The number of carbonyl (C=O) groups excluding carboxylic acids is 2. The standard InChI is InChI=1S/C30H34N6O5/c1-30(2,39)16-40-24-12-11-23-22(15-33-36(23)25(24)17-5-6-17)28(38)34-19-7-9-20(10-8-19)41-29-21(26(31)37)14-18-4-3-13-32-27(18)35-29/h3-4,11-15,17,19-20,39H,5-10,16H2,1-2H3,(H2,31,37)(H,34,38). The van der Waals surface area contributed by atoms with Crippen LogP contribution in [-0.4, -0.2) is 60.9 Å². The highest BCUT2D eigenvalue weighted by atomic mass is 16.5. The number of primary amides is 1. The van der Waals surface area contributed by atoms with Crippen LogP contribution in [0.4, 0.5) is 0 Å². The number of rotatable bonds is 9. The second-order valence-electron chi connectivity index (χ2n) is 11.6. The monoisotopic (exact) mass is 558 g/mol. The van der Waals surface area contributed by atoms with Gasteiger partial charge in [0, 0.05) is 23.5 Å². The second kappa shape index (κ2) is 10.6. The van der Waals surface area contributed by atoms with Gasteiger partial charge in [0.05, 0.1) is 28.6 Å². The van der Waals surface area contributed by atoms with Gasteiger partial charge in [-0.2, -0.15) is 10.1 Å². The Morgan fingerprint density at radius 2 is 1.90 bits per heavy atom. The minimum atomic E-state index is -0.956. The maximum atomic E-state index is 13.3. The van der Waals surface area contributed by atoms with Crippen LogP contribution in [0.15, 0.2) is 42.7 Å². The molecular formula is C30H34N6O5. The van der Waals surface area contributed by atoms with Crippen molar-refractivity contribution in [3.05, 3.63) is 59.5 Å². The number of amides is 2. The second-order valence-corrected chi connectivity index (χ2v) is 11.6. The normalized spacial score (nSPS) is 19.3. The van der Waals surface area contributed by atoms with Gasteiger partial charge in [-0.1, -0.05) is 0 Å². The zero-order valence-corrected chi connectivity index (χ0v) is 23.2. The highest BCUT2D eigenvalue weighted by molar-refractivity contribution is 6.01. The van der Waals surface area contributed by atoms with Gasteiger partial charge in [-0.15, -0.1) is 0 Å². The van der Waals surface area contributed by atoms with Crippen molar-refractivity contribution in [2.45, 2.75) is 76.0 Å². The van der Waals surface area contributed by atoms with Gasteiger partial charge in [0.2, 0.25) is 5.88 Å². The number of ether oxygens (including phenoxy) is 2. The zero-order valence-electron chi connectivity index (χ0n) is 23.2. The number of aromatic nitrogens is 4. The van der Waals surface area contributed by atoms with E-state index in [1.54, 1.807) is 42.9 Å². The number of fused-ring (bicyclic) bond motifs is 2. The Morgan fingerprint density at radius 1 is 1.12 bits per heavy atom. The lowest BCUT2D eigenvalue weighted by molar-refractivity contribution is 0.0279. The first kappa shape index (κ1) is 26.9. The fourth-order valence-electron chi connectivity index (χ4n) is 5.34. The molecule has 0 atom stereocenters. The summed E-state index contributed by atoms with van der Waals surface area (Å²) in [6.45, 7) is 3.57. The molecular weight excluding hydrogens is 524 g/mol. The first-order chi connectivity index (χ1) is 19.7. The first-order valence-corrected chi connectivity index (χ1v) is 14.1. The lowest BCUT2D eigenvalue weighted by Crippen LogP contribution is -2.39. The maximum absolute atomic E-state index is 13.3. The summed E-state index contributed by atoms with van der Waals surface area (Å²) in [5, 5.41) is 18.5. The number of pyridine rings is 3. The van der Waals surface area contributed by atoms with E-state index in [0.717, 1.165) is 42.3 Å². The van der Waals surface area contributed by atoms with Crippen molar-refractivity contribution in [1.29, 1.82) is 0 Å². The van der Waals surface area contributed by atoms with Crippen LogP contribution < -0.4 is 20.5 Å². The summed E-state index contributed by atoms with van der Waals surface area (Å²) in [5.74, 6) is 0.430. The van der Waals surface area contributed by atoms with E-state index in [0.29, 0.717) is 35.7 Å². The predicted molar refractivity (Wildman–Crippen MR) is 151 cm³/mol. The molecule has 0 unspecified atom stereocenters. The Bertz CT molecular complexity index is 1620. The molecule has 4 aromatic heterocycles. The summed E-state index contributed by atoms with van der Waals surface area (Å²) in [5.41, 5.74) is 7.54. The van der Waals surface area contributed by atoms with Gasteiger partial charge < -0.3 is 25.6 Å². The minimum Gasteiger partial charge on any atom is -0.489 e. The molecule has 2 amide bonds. The summed E-state index contributed by atoms with van der Waals surface area (Å²) in [4.78, 5) is 34.1.